The highest BCUT2D eigenvalue weighted by molar-refractivity contribution is 5.92. The summed E-state index contributed by atoms with van der Waals surface area (Å²) in [5, 5.41) is 0. The largest absolute Gasteiger partial charge is 0.467 e. The summed E-state index contributed by atoms with van der Waals surface area (Å²) < 4.78 is 10.1. The normalized spacial score (nSPS) is 10.8. The zero-order chi connectivity index (χ0) is 19.8. The van der Waals surface area contributed by atoms with Gasteiger partial charge in [-0.3, -0.25) is 9.78 Å². The Bertz CT molecular complexity index is 932. The number of amides is 1. The molecular weight excluding hydrogens is 356 g/mol. The van der Waals surface area contributed by atoms with Crippen LogP contribution in [0.15, 0.2) is 77.7 Å². The van der Waals surface area contributed by atoms with E-state index in [0.717, 1.165) is 11.1 Å². The summed E-state index contributed by atoms with van der Waals surface area (Å²) in [6, 6.07) is 14.2. The molecule has 0 fully saturated rings. The van der Waals surface area contributed by atoms with Crippen LogP contribution in [0.2, 0.25) is 0 Å². The molecule has 142 valence electrons. The summed E-state index contributed by atoms with van der Waals surface area (Å²) >= 11 is 0. The maximum absolute atomic E-state index is 12.8. The quantitative estimate of drug-likeness (QED) is 0.464. The highest BCUT2D eigenvalue weighted by Crippen LogP contribution is 2.12. The summed E-state index contributed by atoms with van der Waals surface area (Å²) in [6.07, 6.45) is 8.23. The van der Waals surface area contributed by atoms with Gasteiger partial charge in [0.05, 0.1) is 25.5 Å². The summed E-state index contributed by atoms with van der Waals surface area (Å²) in [5.74, 6) is 0.151. The molecule has 0 atom stereocenters. The number of aromatic nitrogens is 1. The molecule has 1 aromatic carbocycles. The third kappa shape index (κ3) is 5.17. The summed E-state index contributed by atoms with van der Waals surface area (Å²) in [5.41, 5.74) is 2.19. The Hall–Kier alpha value is -3.67. The first-order valence-electron chi connectivity index (χ1n) is 8.72. The van der Waals surface area contributed by atoms with Crippen LogP contribution >= 0.6 is 0 Å². The predicted octanol–water partition coefficient (Wildman–Crippen LogP) is 3.70. The number of benzene rings is 1. The number of carbonyl (C=O) groups excluding carboxylic acids is 2. The second-order valence-corrected chi connectivity index (χ2v) is 6.08. The van der Waals surface area contributed by atoms with Crippen molar-refractivity contribution in [2.75, 3.05) is 7.11 Å². The maximum atomic E-state index is 12.8. The first kappa shape index (κ1) is 19.1. The van der Waals surface area contributed by atoms with Gasteiger partial charge in [-0.25, -0.2) is 4.79 Å². The molecule has 3 rings (SSSR count). The number of hydrogen-bond acceptors (Lipinski definition) is 5. The summed E-state index contributed by atoms with van der Waals surface area (Å²) in [4.78, 5) is 30.0. The van der Waals surface area contributed by atoms with Gasteiger partial charge >= 0.3 is 5.97 Å². The Morgan fingerprint density at radius 2 is 1.93 bits per heavy atom. The fourth-order valence-electron chi connectivity index (χ4n) is 2.64. The Morgan fingerprint density at radius 1 is 1.11 bits per heavy atom. The number of nitrogens with zero attached hydrogens (tertiary/aromatic N) is 2. The number of hydrogen-bond donors (Lipinski definition) is 0. The number of carbonyl (C=O) groups is 2. The van der Waals surface area contributed by atoms with Crippen LogP contribution in [0.3, 0.4) is 0 Å². The van der Waals surface area contributed by atoms with Gasteiger partial charge in [-0.15, -0.1) is 0 Å². The van der Waals surface area contributed by atoms with Gasteiger partial charge in [0, 0.05) is 25.0 Å². The van der Waals surface area contributed by atoms with Crippen molar-refractivity contribution >= 4 is 18.0 Å². The summed E-state index contributed by atoms with van der Waals surface area (Å²) in [7, 11) is 1.34. The lowest BCUT2D eigenvalue weighted by Gasteiger charge is -2.20. The van der Waals surface area contributed by atoms with E-state index in [-0.39, 0.29) is 5.91 Å². The lowest BCUT2D eigenvalue weighted by molar-refractivity contribution is -0.127. The first-order valence-corrected chi connectivity index (χ1v) is 8.72. The van der Waals surface area contributed by atoms with Crippen molar-refractivity contribution in [3.63, 3.8) is 0 Å². The van der Waals surface area contributed by atoms with Crippen molar-refractivity contribution in [3.05, 3.63) is 95.7 Å². The Kier molecular flexibility index (Phi) is 6.36. The molecule has 2 heterocycles. The Labute approximate surface area is 163 Å². The van der Waals surface area contributed by atoms with Crippen LogP contribution in [0, 0.1) is 0 Å². The van der Waals surface area contributed by atoms with Gasteiger partial charge in [0.15, 0.2) is 0 Å². The molecule has 0 bridgehead atoms. The Balaban J connectivity index is 1.72. The van der Waals surface area contributed by atoms with Crippen molar-refractivity contribution in [2.45, 2.75) is 13.1 Å². The zero-order valence-electron chi connectivity index (χ0n) is 15.4. The van der Waals surface area contributed by atoms with E-state index in [1.165, 1.54) is 13.2 Å². The second kappa shape index (κ2) is 9.32. The van der Waals surface area contributed by atoms with E-state index in [2.05, 4.69) is 9.72 Å². The van der Waals surface area contributed by atoms with E-state index in [1.807, 2.05) is 18.2 Å². The minimum absolute atomic E-state index is 0.155. The number of furan rings is 1. The second-order valence-electron chi connectivity index (χ2n) is 6.08. The zero-order valence-corrected chi connectivity index (χ0v) is 15.4. The average molecular weight is 376 g/mol. The summed E-state index contributed by atoms with van der Waals surface area (Å²) in [6.45, 7) is 0.769. The molecule has 0 N–H and O–H groups in total. The number of esters is 1. The van der Waals surface area contributed by atoms with Gasteiger partial charge in [-0.1, -0.05) is 18.2 Å². The molecule has 2 aromatic heterocycles. The Morgan fingerprint density at radius 3 is 2.57 bits per heavy atom. The van der Waals surface area contributed by atoms with Gasteiger partial charge < -0.3 is 14.1 Å². The molecule has 0 saturated heterocycles. The minimum Gasteiger partial charge on any atom is -0.467 e. The maximum Gasteiger partial charge on any atom is 0.337 e. The molecule has 0 aliphatic heterocycles. The van der Waals surface area contributed by atoms with Crippen LogP contribution in [0.25, 0.3) is 6.08 Å². The molecule has 0 spiro atoms. The molecular formula is C22H20N2O4. The van der Waals surface area contributed by atoms with Crippen molar-refractivity contribution in [1.82, 2.24) is 9.88 Å². The number of pyridine rings is 1. The molecule has 3 aromatic rings. The molecule has 0 saturated carbocycles. The van der Waals surface area contributed by atoms with Crippen molar-refractivity contribution in [2.24, 2.45) is 0 Å². The minimum atomic E-state index is -0.396. The van der Waals surface area contributed by atoms with Gasteiger partial charge in [-0.2, -0.15) is 0 Å². The highest BCUT2D eigenvalue weighted by Gasteiger charge is 2.14. The molecule has 6 heteroatoms. The monoisotopic (exact) mass is 376 g/mol. The molecule has 0 aliphatic carbocycles. The van der Waals surface area contributed by atoms with E-state index in [9.17, 15) is 9.59 Å². The molecule has 6 nitrogen and oxygen atoms in total. The molecule has 0 radical (unpaired) electrons. The van der Waals surface area contributed by atoms with Gasteiger partial charge in [-0.05, 0) is 47.5 Å². The smallest absolute Gasteiger partial charge is 0.337 e. The van der Waals surface area contributed by atoms with Crippen molar-refractivity contribution in [1.29, 1.82) is 0 Å². The van der Waals surface area contributed by atoms with Crippen molar-refractivity contribution < 1.29 is 18.7 Å². The lowest BCUT2D eigenvalue weighted by atomic mass is 10.1. The average Bonchev–Trinajstić information content (AvgIpc) is 3.25. The topological polar surface area (TPSA) is 72.6 Å². The van der Waals surface area contributed by atoms with E-state index in [1.54, 1.807) is 60.0 Å². The number of ether oxygens (including phenoxy) is 1. The highest BCUT2D eigenvalue weighted by atomic mass is 16.5. The van der Waals surface area contributed by atoms with E-state index in [0.29, 0.717) is 24.4 Å². The number of rotatable bonds is 7. The predicted molar refractivity (Wildman–Crippen MR) is 104 cm³/mol. The van der Waals surface area contributed by atoms with Crippen LogP contribution < -0.4 is 0 Å². The third-order valence-corrected chi connectivity index (χ3v) is 4.08. The molecule has 28 heavy (non-hydrogen) atoms. The fraction of sp³-hybridized carbons (Fsp3) is 0.136. The molecule has 0 aliphatic rings. The molecule has 1 amide bonds. The SMILES string of the molecule is COC(=O)c1ccc(C=CC(=O)N(Cc2cccnc2)Cc2ccco2)cc1. The van der Waals surface area contributed by atoms with Crippen LogP contribution in [0.5, 0.6) is 0 Å². The van der Waals surface area contributed by atoms with Gasteiger partial charge in [0.1, 0.15) is 5.76 Å². The van der Waals surface area contributed by atoms with Crippen LogP contribution in [0.1, 0.15) is 27.2 Å². The first-order chi connectivity index (χ1) is 13.7. The third-order valence-electron chi connectivity index (χ3n) is 4.08. The van der Waals surface area contributed by atoms with Gasteiger partial charge in [0.2, 0.25) is 5.91 Å². The van der Waals surface area contributed by atoms with Crippen LogP contribution in [-0.2, 0) is 22.6 Å². The fourth-order valence-corrected chi connectivity index (χ4v) is 2.64. The van der Waals surface area contributed by atoms with E-state index < -0.39 is 5.97 Å². The van der Waals surface area contributed by atoms with Crippen LogP contribution in [0.4, 0.5) is 0 Å². The lowest BCUT2D eigenvalue weighted by Crippen LogP contribution is -2.28. The van der Waals surface area contributed by atoms with Crippen LogP contribution in [-0.4, -0.2) is 28.9 Å². The van der Waals surface area contributed by atoms with E-state index >= 15 is 0 Å². The molecule has 0 unspecified atom stereocenters. The van der Waals surface area contributed by atoms with Gasteiger partial charge in [0.25, 0.3) is 0 Å². The van der Waals surface area contributed by atoms with Crippen molar-refractivity contribution in [3.8, 4) is 0 Å². The number of methoxy groups -OCH3 is 1. The standard InChI is InChI=1S/C22H20N2O4/c1-27-22(26)19-9-6-17(7-10-19)8-11-21(25)24(16-20-5-3-13-28-20)15-18-4-2-12-23-14-18/h2-14H,15-16H2,1H3. The van der Waals surface area contributed by atoms with E-state index in [4.69, 9.17) is 4.42 Å².